The van der Waals surface area contributed by atoms with Gasteiger partial charge in [-0.05, 0) is 37.3 Å². The highest BCUT2D eigenvalue weighted by Crippen LogP contribution is 2.30. The Morgan fingerprint density at radius 2 is 1.94 bits per heavy atom. The van der Waals surface area contributed by atoms with Crippen LogP contribution in [-0.4, -0.2) is 53.2 Å². The predicted molar refractivity (Wildman–Crippen MR) is 122 cm³/mol. The van der Waals surface area contributed by atoms with Crippen molar-refractivity contribution in [1.29, 1.82) is 0 Å². The lowest BCUT2D eigenvalue weighted by Crippen LogP contribution is -2.38. The number of hydrogen-bond acceptors (Lipinski definition) is 6. The number of hydrogen-bond donors (Lipinski definition) is 1. The Kier molecular flexibility index (Phi) is 9.25. The highest BCUT2D eigenvalue weighted by atomic mass is 35.5. The molecule has 32 heavy (non-hydrogen) atoms. The second kappa shape index (κ2) is 11.7. The lowest BCUT2D eigenvalue weighted by molar-refractivity contribution is -0.125. The molecule has 0 aliphatic heterocycles. The van der Waals surface area contributed by atoms with E-state index in [2.05, 4.69) is 11.9 Å². The molecular weight excluding hydrogens is 456 g/mol. The van der Waals surface area contributed by atoms with Gasteiger partial charge in [0.1, 0.15) is 0 Å². The van der Waals surface area contributed by atoms with Gasteiger partial charge >= 0.3 is 5.97 Å². The first-order chi connectivity index (χ1) is 15.2. The average molecular weight is 481 g/mol. The third kappa shape index (κ3) is 6.56. The number of methoxy groups -OCH3 is 1. The Bertz CT molecular complexity index is 1070. The fourth-order valence-electron chi connectivity index (χ4n) is 2.83. The van der Waals surface area contributed by atoms with Crippen LogP contribution < -0.4 is 9.62 Å². The number of sulfonamides is 1. The summed E-state index contributed by atoms with van der Waals surface area (Å²) in [6.45, 7) is 5.13. The summed E-state index contributed by atoms with van der Waals surface area (Å²) >= 11 is 6.20. The van der Waals surface area contributed by atoms with E-state index < -0.39 is 28.5 Å². The van der Waals surface area contributed by atoms with Crippen LogP contribution in [0.1, 0.15) is 17.3 Å². The van der Waals surface area contributed by atoms with Crippen molar-refractivity contribution in [2.45, 2.75) is 17.9 Å². The molecule has 0 aliphatic carbocycles. The van der Waals surface area contributed by atoms with Gasteiger partial charge in [-0.25, -0.2) is 13.2 Å². The first-order valence-electron chi connectivity index (χ1n) is 9.64. The van der Waals surface area contributed by atoms with Gasteiger partial charge in [-0.15, -0.1) is 6.58 Å². The fraction of sp³-hybridized carbons (Fsp3) is 0.273. The zero-order valence-corrected chi connectivity index (χ0v) is 19.4. The molecule has 2 aromatic carbocycles. The van der Waals surface area contributed by atoms with Gasteiger partial charge in [0.05, 0.1) is 34.3 Å². The van der Waals surface area contributed by atoms with Crippen LogP contribution in [0.15, 0.2) is 66.1 Å². The van der Waals surface area contributed by atoms with E-state index in [9.17, 15) is 18.0 Å². The van der Waals surface area contributed by atoms with Gasteiger partial charge in [-0.3, -0.25) is 9.10 Å². The summed E-state index contributed by atoms with van der Waals surface area (Å²) in [4.78, 5) is 24.1. The molecule has 0 heterocycles. The largest absolute Gasteiger partial charge is 0.452 e. The zero-order chi connectivity index (χ0) is 23.7. The van der Waals surface area contributed by atoms with Crippen LogP contribution in [0.25, 0.3) is 0 Å². The Balaban J connectivity index is 2.21. The van der Waals surface area contributed by atoms with Crippen LogP contribution >= 0.6 is 11.6 Å². The van der Waals surface area contributed by atoms with Crippen LogP contribution in [0.4, 0.5) is 5.69 Å². The summed E-state index contributed by atoms with van der Waals surface area (Å²) in [5, 5.41) is 2.86. The summed E-state index contributed by atoms with van der Waals surface area (Å²) < 4.78 is 37.6. The molecule has 0 bridgehead atoms. The minimum absolute atomic E-state index is 0.0125. The number of nitrogens with zero attached hydrogens (tertiary/aromatic N) is 1. The molecule has 1 N–H and O–H groups in total. The van der Waals surface area contributed by atoms with Gasteiger partial charge in [0.2, 0.25) is 0 Å². The third-order valence-corrected chi connectivity index (χ3v) is 6.33. The quantitative estimate of drug-likeness (QED) is 0.392. The number of esters is 1. The maximum Gasteiger partial charge on any atom is 0.338 e. The molecule has 0 spiro atoms. The summed E-state index contributed by atoms with van der Waals surface area (Å²) in [5.74, 6) is -1.33. The van der Waals surface area contributed by atoms with Crippen molar-refractivity contribution < 1.29 is 27.5 Å². The van der Waals surface area contributed by atoms with Crippen LogP contribution in [0.2, 0.25) is 5.02 Å². The van der Waals surface area contributed by atoms with Gasteiger partial charge in [0.15, 0.2) is 6.61 Å². The highest BCUT2D eigenvalue weighted by Gasteiger charge is 2.26. The maximum absolute atomic E-state index is 13.3. The molecular formula is C22H25ClN2O6S. The van der Waals surface area contributed by atoms with E-state index in [-0.39, 0.29) is 33.8 Å². The maximum atomic E-state index is 13.3. The van der Waals surface area contributed by atoms with Crippen LogP contribution in [0, 0.1) is 0 Å². The summed E-state index contributed by atoms with van der Waals surface area (Å²) in [5.41, 5.74) is 0.269. The summed E-state index contributed by atoms with van der Waals surface area (Å²) in [6.07, 6.45) is 1.43. The molecule has 10 heteroatoms. The van der Waals surface area contributed by atoms with E-state index in [1.54, 1.807) is 31.2 Å². The van der Waals surface area contributed by atoms with Gasteiger partial charge in [0, 0.05) is 13.2 Å². The van der Waals surface area contributed by atoms with Crippen molar-refractivity contribution in [2.75, 3.05) is 31.2 Å². The number of nitrogens with one attached hydrogen (secondary N) is 1. The van der Waals surface area contributed by atoms with Crippen molar-refractivity contribution in [3.63, 3.8) is 0 Å². The topological polar surface area (TPSA) is 102 Å². The molecule has 1 unspecified atom stereocenters. The zero-order valence-electron chi connectivity index (χ0n) is 17.8. The van der Waals surface area contributed by atoms with Crippen molar-refractivity contribution in [2.24, 2.45) is 0 Å². The minimum atomic E-state index is -4.07. The average Bonchev–Trinajstić information content (AvgIpc) is 2.76. The number of carbonyl (C=O) groups excluding carboxylic acids is 2. The molecule has 8 nitrogen and oxygen atoms in total. The Labute approximate surface area is 192 Å². The second-order valence-corrected chi connectivity index (χ2v) is 9.07. The van der Waals surface area contributed by atoms with Crippen molar-refractivity contribution >= 4 is 39.2 Å². The smallest absolute Gasteiger partial charge is 0.338 e. The lowest BCUT2D eigenvalue weighted by atomic mass is 10.2. The van der Waals surface area contributed by atoms with Crippen molar-refractivity contribution in [3.8, 4) is 0 Å². The molecule has 172 valence electrons. The SMILES string of the molecule is C=CCN(c1ccccc1Cl)S(=O)(=O)c1cccc(C(=O)OCC(=O)NC(C)COC)c1. The molecule has 1 amide bonds. The molecule has 2 aromatic rings. The molecule has 2 rings (SSSR count). The highest BCUT2D eigenvalue weighted by molar-refractivity contribution is 7.92. The Morgan fingerprint density at radius 1 is 1.22 bits per heavy atom. The van der Waals surface area contributed by atoms with E-state index in [1.807, 2.05) is 0 Å². The molecule has 0 saturated carbocycles. The van der Waals surface area contributed by atoms with Gasteiger partial charge in [-0.2, -0.15) is 0 Å². The number of rotatable bonds is 11. The molecule has 1 atom stereocenters. The van der Waals surface area contributed by atoms with Crippen molar-refractivity contribution in [3.05, 3.63) is 71.8 Å². The molecule has 0 aromatic heterocycles. The number of ether oxygens (including phenoxy) is 2. The number of anilines is 1. The summed E-state index contributed by atoms with van der Waals surface area (Å²) in [6, 6.07) is 11.6. The van der Waals surface area contributed by atoms with E-state index in [0.717, 1.165) is 4.31 Å². The lowest BCUT2D eigenvalue weighted by Gasteiger charge is -2.24. The van der Waals surface area contributed by atoms with E-state index in [4.69, 9.17) is 21.1 Å². The Hall–Kier alpha value is -2.88. The summed E-state index contributed by atoms with van der Waals surface area (Å²) in [7, 11) is -2.57. The number of para-hydroxylation sites is 1. The van der Waals surface area contributed by atoms with Crippen LogP contribution in [-0.2, 0) is 24.3 Å². The van der Waals surface area contributed by atoms with Crippen molar-refractivity contribution in [1.82, 2.24) is 5.32 Å². The van der Waals surface area contributed by atoms with E-state index >= 15 is 0 Å². The first-order valence-corrected chi connectivity index (χ1v) is 11.5. The number of benzene rings is 2. The molecule has 0 aliphatic rings. The van der Waals surface area contributed by atoms with E-state index in [1.165, 1.54) is 37.5 Å². The monoisotopic (exact) mass is 480 g/mol. The number of amides is 1. The van der Waals surface area contributed by atoms with E-state index in [0.29, 0.717) is 6.61 Å². The fourth-order valence-corrected chi connectivity index (χ4v) is 4.62. The van der Waals surface area contributed by atoms with Crippen LogP contribution in [0.5, 0.6) is 0 Å². The molecule has 0 fully saturated rings. The predicted octanol–water partition coefficient (Wildman–Crippen LogP) is 3.03. The number of carbonyl (C=O) groups is 2. The standard InChI is InChI=1S/C22H25ClN2O6S/c1-4-12-25(20-11-6-5-10-19(20)23)32(28,29)18-9-7-8-17(13-18)22(27)31-15-21(26)24-16(2)14-30-3/h4-11,13,16H,1,12,14-15H2,2-3H3,(H,24,26). The third-order valence-electron chi connectivity index (χ3n) is 4.23. The van der Waals surface area contributed by atoms with Crippen LogP contribution in [0.3, 0.4) is 0 Å². The molecule has 0 radical (unpaired) electrons. The molecule has 0 saturated heterocycles. The van der Waals surface area contributed by atoms with Gasteiger partial charge in [0.25, 0.3) is 15.9 Å². The number of halogens is 1. The Morgan fingerprint density at radius 3 is 2.59 bits per heavy atom. The second-order valence-electron chi connectivity index (χ2n) is 6.80. The minimum Gasteiger partial charge on any atom is -0.452 e. The normalized spacial score (nSPS) is 12.0. The van der Waals surface area contributed by atoms with Gasteiger partial charge < -0.3 is 14.8 Å². The van der Waals surface area contributed by atoms with Gasteiger partial charge in [-0.1, -0.05) is 35.9 Å². The first kappa shape index (κ1) is 25.4.